The predicted molar refractivity (Wildman–Crippen MR) is 121 cm³/mol. The second-order valence-electron chi connectivity index (χ2n) is 9.68. The van der Waals surface area contributed by atoms with Gasteiger partial charge in [0.15, 0.2) is 5.60 Å². The van der Waals surface area contributed by atoms with Crippen molar-refractivity contribution in [2.24, 2.45) is 0 Å². The maximum Gasteiger partial charge on any atom is 0.334 e. The number of rotatable bonds is 6. The first-order valence-electron chi connectivity index (χ1n) is 10.2. The van der Waals surface area contributed by atoms with Crippen molar-refractivity contribution in [3.63, 3.8) is 0 Å². The van der Waals surface area contributed by atoms with Gasteiger partial charge in [-0.15, -0.1) is 0 Å². The first-order chi connectivity index (χ1) is 13.7. The van der Waals surface area contributed by atoms with E-state index in [2.05, 4.69) is 6.58 Å². The molecule has 0 aliphatic heterocycles. The van der Waals surface area contributed by atoms with Crippen molar-refractivity contribution >= 4 is 5.97 Å². The molecule has 2 aromatic rings. The summed E-state index contributed by atoms with van der Waals surface area (Å²) in [5.41, 5.74) is 0.448. The Morgan fingerprint density at radius 1 is 0.700 bits per heavy atom. The third-order valence-corrected chi connectivity index (χ3v) is 4.30. The summed E-state index contributed by atoms with van der Waals surface area (Å²) in [6, 6.07) is 15.3. The Morgan fingerprint density at radius 2 is 1.03 bits per heavy atom. The topological polar surface area (TPSA) is 44.8 Å². The monoisotopic (exact) mass is 410 g/mol. The zero-order chi connectivity index (χ0) is 22.7. The fourth-order valence-corrected chi connectivity index (χ4v) is 2.95. The van der Waals surface area contributed by atoms with E-state index in [4.69, 9.17) is 14.2 Å². The Hall–Kier alpha value is -2.75. The molecule has 0 aromatic heterocycles. The maximum absolute atomic E-state index is 12.4. The summed E-state index contributed by atoms with van der Waals surface area (Å²) < 4.78 is 17.8. The first-order valence-corrected chi connectivity index (χ1v) is 10.2. The summed E-state index contributed by atoms with van der Waals surface area (Å²) in [5.74, 6) is 1.07. The van der Waals surface area contributed by atoms with Gasteiger partial charge in [-0.3, -0.25) is 0 Å². The lowest BCUT2D eigenvalue weighted by Crippen LogP contribution is -2.31. The van der Waals surface area contributed by atoms with Crippen LogP contribution in [0.5, 0.6) is 11.5 Å². The second-order valence-corrected chi connectivity index (χ2v) is 9.68. The zero-order valence-electron chi connectivity index (χ0n) is 19.5. The number of ether oxygens (including phenoxy) is 3. The molecule has 2 aromatic carbocycles. The highest BCUT2D eigenvalue weighted by molar-refractivity contribution is 5.87. The zero-order valence-corrected chi connectivity index (χ0v) is 19.5. The third-order valence-electron chi connectivity index (χ3n) is 4.30. The number of benzene rings is 2. The minimum absolute atomic E-state index is 0.292. The minimum atomic E-state index is -0.990. The van der Waals surface area contributed by atoms with Crippen LogP contribution in [0.1, 0.15) is 66.5 Å². The van der Waals surface area contributed by atoms with Crippen LogP contribution in [0, 0.1) is 0 Å². The highest BCUT2D eigenvalue weighted by Gasteiger charge is 2.34. The standard InChI is InChI=1S/C26H34O4/c1-18(2)23(27)30-26(9,19-10-14-21(15-11-19)28-24(3,4)5)20-12-16-22(17-13-20)29-25(6,7)8/h10-17H,1H2,2-9H3. The van der Waals surface area contributed by atoms with E-state index in [-0.39, 0.29) is 11.2 Å². The summed E-state index contributed by atoms with van der Waals surface area (Å²) in [7, 11) is 0. The minimum Gasteiger partial charge on any atom is -0.488 e. The van der Waals surface area contributed by atoms with Gasteiger partial charge in [0.2, 0.25) is 0 Å². The summed E-state index contributed by atoms with van der Waals surface area (Å²) in [6.45, 7) is 19.3. The van der Waals surface area contributed by atoms with Gasteiger partial charge in [-0.2, -0.15) is 0 Å². The number of hydrogen-bond donors (Lipinski definition) is 0. The maximum atomic E-state index is 12.4. The average Bonchev–Trinajstić information content (AvgIpc) is 2.60. The first kappa shape index (κ1) is 23.5. The summed E-state index contributed by atoms with van der Waals surface area (Å²) >= 11 is 0. The molecule has 0 spiro atoms. The van der Waals surface area contributed by atoms with E-state index in [1.165, 1.54) is 0 Å². The molecule has 162 valence electrons. The Balaban J connectivity index is 2.43. The quantitative estimate of drug-likeness (QED) is 0.407. The average molecular weight is 411 g/mol. The van der Waals surface area contributed by atoms with Crippen molar-refractivity contribution in [2.45, 2.75) is 72.2 Å². The van der Waals surface area contributed by atoms with E-state index < -0.39 is 11.6 Å². The summed E-state index contributed by atoms with van der Waals surface area (Å²) in [6.07, 6.45) is 0. The molecule has 0 amide bonds. The van der Waals surface area contributed by atoms with Gasteiger partial charge in [0.05, 0.1) is 0 Å². The molecule has 2 rings (SSSR count). The highest BCUT2D eigenvalue weighted by atomic mass is 16.6. The molecule has 30 heavy (non-hydrogen) atoms. The number of carbonyl (C=O) groups is 1. The molecule has 0 radical (unpaired) electrons. The normalized spacial score (nSPS) is 12.3. The van der Waals surface area contributed by atoms with E-state index in [0.717, 1.165) is 22.6 Å². The van der Waals surface area contributed by atoms with Crippen LogP contribution in [0.15, 0.2) is 60.7 Å². The summed E-state index contributed by atoms with van der Waals surface area (Å²) in [4.78, 5) is 12.4. The molecule has 0 unspecified atom stereocenters. The molecule has 0 atom stereocenters. The molecule has 0 fully saturated rings. The Labute approximate surface area is 180 Å². The lowest BCUT2D eigenvalue weighted by Gasteiger charge is -2.31. The van der Waals surface area contributed by atoms with Crippen LogP contribution in [0.25, 0.3) is 0 Å². The third kappa shape index (κ3) is 6.38. The second kappa shape index (κ2) is 8.55. The van der Waals surface area contributed by atoms with Gasteiger partial charge in [0.25, 0.3) is 0 Å². The Kier molecular flexibility index (Phi) is 6.70. The molecule has 0 N–H and O–H groups in total. The number of carbonyl (C=O) groups excluding carboxylic acids is 1. The molecular formula is C26H34O4. The largest absolute Gasteiger partial charge is 0.488 e. The molecule has 4 heteroatoms. The van der Waals surface area contributed by atoms with Crippen LogP contribution in [0.2, 0.25) is 0 Å². The van der Waals surface area contributed by atoms with Crippen molar-refractivity contribution in [1.82, 2.24) is 0 Å². The van der Waals surface area contributed by atoms with E-state index in [1.54, 1.807) is 6.92 Å². The fourth-order valence-electron chi connectivity index (χ4n) is 2.95. The molecule has 4 nitrogen and oxygen atoms in total. The van der Waals surface area contributed by atoms with Gasteiger partial charge in [0, 0.05) is 16.7 Å². The van der Waals surface area contributed by atoms with Crippen molar-refractivity contribution in [3.8, 4) is 11.5 Å². The lowest BCUT2D eigenvalue weighted by molar-refractivity contribution is -0.150. The van der Waals surface area contributed by atoms with Crippen molar-refractivity contribution < 1.29 is 19.0 Å². The molecule has 0 bridgehead atoms. The fraction of sp³-hybridized carbons (Fsp3) is 0.423. The highest BCUT2D eigenvalue weighted by Crippen LogP contribution is 2.36. The van der Waals surface area contributed by atoms with Crippen LogP contribution >= 0.6 is 0 Å². The van der Waals surface area contributed by atoms with E-state index in [1.807, 2.05) is 97.0 Å². The van der Waals surface area contributed by atoms with Crippen LogP contribution in [0.4, 0.5) is 0 Å². The van der Waals surface area contributed by atoms with Crippen molar-refractivity contribution in [2.75, 3.05) is 0 Å². The number of esters is 1. The molecule has 0 saturated heterocycles. The molecule has 0 heterocycles. The van der Waals surface area contributed by atoms with E-state index in [0.29, 0.717) is 5.57 Å². The lowest BCUT2D eigenvalue weighted by atomic mass is 9.87. The van der Waals surface area contributed by atoms with Crippen molar-refractivity contribution in [1.29, 1.82) is 0 Å². The van der Waals surface area contributed by atoms with E-state index in [9.17, 15) is 4.79 Å². The van der Waals surface area contributed by atoms with Crippen LogP contribution in [0.3, 0.4) is 0 Å². The van der Waals surface area contributed by atoms with Crippen LogP contribution in [-0.4, -0.2) is 17.2 Å². The summed E-state index contributed by atoms with van der Waals surface area (Å²) in [5, 5.41) is 0. The predicted octanol–water partition coefficient (Wildman–Crippen LogP) is 6.42. The Bertz CT molecular complexity index is 819. The van der Waals surface area contributed by atoms with Gasteiger partial charge in [-0.1, -0.05) is 30.8 Å². The number of hydrogen-bond acceptors (Lipinski definition) is 4. The van der Waals surface area contributed by atoms with Crippen molar-refractivity contribution in [3.05, 3.63) is 71.8 Å². The molecule has 0 aliphatic rings. The molecule has 0 saturated carbocycles. The van der Waals surface area contributed by atoms with Gasteiger partial charge in [-0.05, 0) is 79.7 Å². The molecular weight excluding hydrogens is 376 g/mol. The SMILES string of the molecule is C=C(C)C(=O)OC(C)(c1ccc(OC(C)(C)C)cc1)c1ccc(OC(C)(C)C)cc1. The molecule has 0 aliphatic carbocycles. The van der Waals surface area contributed by atoms with E-state index >= 15 is 0 Å². The van der Waals surface area contributed by atoms with Gasteiger partial charge >= 0.3 is 5.97 Å². The van der Waals surface area contributed by atoms with Crippen LogP contribution < -0.4 is 9.47 Å². The van der Waals surface area contributed by atoms with Gasteiger partial charge in [-0.25, -0.2) is 4.79 Å². The van der Waals surface area contributed by atoms with Gasteiger partial charge < -0.3 is 14.2 Å². The Morgan fingerprint density at radius 3 is 1.30 bits per heavy atom. The van der Waals surface area contributed by atoms with Crippen LogP contribution in [-0.2, 0) is 15.1 Å². The van der Waals surface area contributed by atoms with Gasteiger partial charge in [0.1, 0.15) is 22.7 Å². The smallest absolute Gasteiger partial charge is 0.334 e.